The molecule has 86 heavy (non-hydrogen) atoms. The molecule has 5 saturated heterocycles. The van der Waals surface area contributed by atoms with Gasteiger partial charge in [0.1, 0.15) is 109 Å². The maximum atomic E-state index is 13.0. The first-order valence-electron chi connectivity index (χ1n) is 29.8. The van der Waals surface area contributed by atoms with Gasteiger partial charge in [0.05, 0.1) is 55.3 Å². The minimum absolute atomic E-state index is 0.0325. The standard InChI is InChI=1S/C56H90O29S/c1-20(58)15-25(59)18-56(8,71)33-10-9-28-27-17-31(30-16-26(85-86(72,73)74)11-13-54(30,6)29(27)12-14-55(28,33)7)79-51-44(70)46(37(63)32(19-57)80-51)82-53-48(84-50-42(68)39(65)35(61)22(3)76-50)43(69)45(24(5)78-53)81-52-47(40(66)36(62)23(4)77-52)83-49-41(67)38(64)34(60)21(2)75-49/h12,21-24,26-28,30-53,57,60-71H,9-11,13-19H2,1-8H3,(H,72,73,74)/t21-,22+,23-,24-,26+,27+,28+,30-,31+,32-,33+,34+,35+,36+,37-,38+,39-,40+,41-,42+,43+,44-,45-,46+,47-,48-,49+,50-,51-,52+,53+,54-,55+,56-/m1/s1. The van der Waals surface area contributed by atoms with Gasteiger partial charge in [0.2, 0.25) is 0 Å². The van der Waals surface area contributed by atoms with Crippen LogP contribution in [0, 0.1) is 34.5 Å². The molecule has 34 atom stereocenters. The summed E-state index contributed by atoms with van der Waals surface area (Å²) in [6.07, 6.45) is -40.5. The predicted molar refractivity (Wildman–Crippen MR) is 286 cm³/mol. The molecule has 5 heterocycles. The van der Waals surface area contributed by atoms with Gasteiger partial charge in [-0.1, -0.05) is 25.5 Å². The minimum Gasteiger partial charge on any atom is -0.394 e. The molecule has 30 heteroatoms. The highest BCUT2D eigenvalue weighted by atomic mass is 32.3. The van der Waals surface area contributed by atoms with Crippen LogP contribution in [0.5, 0.6) is 0 Å². The van der Waals surface area contributed by atoms with Crippen molar-refractivity contribution in [2.45, 2.75) is 285 Å². The third-order valence-electron chi connectivity index (χ3n) is 20.4. The Morgan fingerprint density at radius 1 is 0.605 bits per heavy atom. The van der Waals surface area contributed by atoms with Crippen molar-refractivity contribution in [2.24, 2.45) is 34.5 Å². The molecule has 29 nitrogen and oxygen atoms in total. The van der Waals surface area contributed by atoms with E-state index in [-0.39, 0.29) is 61.4 Å². The number of Topliss-reactive ketones (excluding diaryl/α,β-unsaturated/α-hetero) is 2. The van der Waals surface area contributed by atoms with E-state index >= 15 is 0 Å². The average Bonchev–Trinajstić information content (AvgIpc) is 1.31. The first-order chi connectivity index (χ1) is 40.1. The molecule has 9 aliphatic rings. The van der Waals surface area contributed by atoms with Gasteiger partial charge in [0.15, 0.2) is 31.5 Å². The molecule has 0 unspecified atom stereocenters. The number of hydrogen-bond acceptors (Lipinski definition) is 28. The number of aliphatic hydroxyl groups excluding tert-OH is 12. The molecule has 4 aliphatic carbocycles. The number of ether oxygens (including phenoxy) is 10. The fourth-order valence-electron chi connectivity index (χ4n) is 15.9. The van der Waals surface area contributed by atoms with Crippen LogP contribution in [0.3, 0.4) is 0 Å². The normalized spacial score (nSPS) is 51.6. The monoisotopic (exact) mass is 1260 g/mol. The summed E-state index contributed by atoms with van der Waals surface area (Å²) in [5.41, 5.74) is -1.69. The molecule has 0 aromatic heterocycles. The molecule has 14 N–H and O–H groups in total. The summed E-state index contributed by atoms with van der Waals surface area (Å²) in [5.74, 6) is -2.01. The van der Waals surface area contributed by atoms with Crippen LogP contribution in [0.2, 0.25) is 0 Å². The Morgan fingerprint density at radius 2 is 1.12 bits per heavy atom. The van der Waals surface area contributed by atoms with Crippen molar-refractivity contribution in [1.82, 2.24) is 0 Å². The van der Waals surface area contributed by atoms with E-state index in [2.05, 4.69) is 13.0 Å². The summed E-state index contributed by atoms with van der Waals surface area (Å²) in [5, 5.41) is 146. The lowest BCUT2D eigenvalue weighted by atomic mass is 9.47. The van der Waals surface area contributed by atoms with E-state index in [1.54, 1.807) is 6.92 Å². The second kappa shape index (κ2) is 26.2. The zero-order valence-electron chi connectivity index (χ0n) is 49.3. The van der Waals surface area contributed by atoms with Gasteiger partial charge in [-0.3, -0.25) is 14.1 Å². The lowest BCUT2D eigenvalue weighted by Gasteiger charge is -2.60. The third kappa shape index (κ3) is 13.3. The Hall–Kier alpha value is -1.97. The third-order valence-corrected chi connectivity index (χ3v) is 20.9. The van der Waals surface area contributed by atoms with Gasteiger partial charge >= 0.3 is 10.4 Å². The van der Waals surface area contributed by atoms with E-state index in [9.17, 15) is 88.9 Å². The van der Waals surface area contributed by atoms with Crippen LogP contribution >= 0.6 is 0 Å². The second-order valence-electron chi connectivity index (χ2n) is 26.4. The van der Waals surface area contributed by atoms with E-state index in [1.807, 2.05) is 6.92 Å². The van der Waals surface area contributed by atoms with Gasteiger partial charge < -0.3 is 114 Å². The highest BCUT2D eigenvalue weighted by molar-refractivity contribution is 7.80. The van der Waals surface area contributed by atoms with Crippen LogP contribution in [0.25, 0.3) is 0 Å². The van der Waals surface area contributed by atoms with Gasteiger partial charge in [0, 0.05) is 6.42 Å². The summed E-state index contributed by atoms with van der Waals surface area (Å²) in [7, 11) is -4.93. The van der Waals surface area contributed by atoms with Crippen molar-refractivity contribution in [1.29, 1.82) is 0 Å². The van der Waals surface area contributed by atoms with Crippen molar-refractivity contribution >= 4 is 22.0 Å². The first kappa shape index (κ1) is 68.4. The molecule has 0 aromatic rings. The second-order valence-corrected chi connectivity index (χ2v) is 27.4. The Kier molecular flexibility index (Phi) is 20.8. The Balaban J connectivity index is 1.00. The number of ketones is 2. The highest BCUT2D eigenvalue weighted by Crippen LogP contribution is 2.67. The highest BCUT2D eigenvalue weighted by Gasteiger charge is 2.64. The lowest BCUT2D eigenvalue weighted by Crippen LogP contribution is -2.68. The molecule has 0 bridgehead atoms. The number of rotatable bonds is 18. The van der Waals surface area contributed by atoms with Crippen molar-refractivity contribution in [3.05, 3.63) is 11.6 Å². The molecule has 0 aromatic carbocycles. The number of allylic oxidation sites excluding steroid dienone is 2. The summed E-state index contributed by atoms with van der Waals surface area (Å²) in [4.78, 5) is 24.9. The maximum Gasteiger partial charge on any atom is 0.397 e. The van der Waals surface area contributed by atoms with E-state index in [0.717, 1.165) is 5.57 Å². The summed E-state index contributed by atoms with van der Waals surface area (Å²) >= 11 is 0. The van der Waals surface area contributed by atoms with E-state index < -0.39 is 205 Å². The largest absolute Gasteiger partial charge is 0.397 e. The molecule has 3 saturated carbocycles. The molecule has 494 valence electrons. The number of hydrogen-bond donors (Lipinski definition) is 14. The van der Waals surface area contributed by atoms with E-state index in [4.69, 9.17) is 51.6 Å². The Bertz CT molecular complexity index is 2510. The molecule has 0 radical (unpaired) electrons. The molecule has 0 amide bonds. The smallest absolute Gasteiger partial charge is 0.394 e. The van der Waals surface area contributed by atoms with Crippen LogP contribution in [-0.2, 0) is 71.5 Å². The Labute approximate surface area is 498 Å². The van der Waals surface area contributed by atoms with Gasteiger partial charge in [-0.15, -0.1) is 0 Å². The van der Waals surface area contributed by atoms with Gasteiger partial charge in [-0.2, -0.15) is 8.42 Å². The van der Waals surface area contributed by atoms with Gasteiger partial charge in [0.25, 0.3) is 0 Å². The molecule has 5 aliphatic heterocycles. The summed E-state index contributed by atoms with van der Waals surface area (Å²) in [6.45, 7) is 11.7. The van der Waals surface area contributed by atoms with Gasteiger partial charge in [-0.05, 0) is 121 Å². The summed E-state index contributed by atoms with van der Waals surface area (Å²) < 4.78 is 101. The summed E-state index contributed by atoms with van der Waals surface area (Å²) in [6, 6.07) is 0. The van der Waals surface area contributed by atoms with Crippen LogP contribution in [0.1, 0.15) is 113 Å². The number of aliphatic hydroxyl groups is 13. The zero-order valence-corrected chi connectivity index (χ0v) is 50.2. The quantitative estimate of drug-likeness (QED) is 0.0362. The SMILES string of the molecule is CC(=O)CC(=O)C[C@@](C)(O)[C@H]1CC[C@H]2[C@@H]3C[C@H](O[C@@H]4O[C@H](CO)[C@@H](O)[C@H](O[C@@H]5O[C@H](C)[C@@H](O[C@@H]6O[C@H](C)[C@H](O)[C@H](O)[C@H]6O[C@@H]6O[C@H](C)[C@H](O)[C@H](O)[C@H]6O)[C@H](O)[C@H]5O[C@H]5O[C@@H](C)[C@H](O)[C@@H](O)[C@@H]5O)[C@H]4O)[C@H]4C[C@@H](OS(=O)(=O)O)CC[C@]4(C)C3=CC[C@@]21C. The fraction of sp³-hybridized carbons (Fsp3) is 0.929. The maximum absolute atomic E-state index is 13.0. The fourth-order valence-corrected chi connectivity index (χ4v) is 16.4. The zero-order chi connectivity index (χ0) is 63.2. The van der Waals surface area contributed by atoms with Crippen molar-refractivity contribution < 1.29 is 140 Å². The van der Waals surface area contributed by atoms with Crippen LogP contribution in [0.4, 0.5) is 0 Å². The number of fused-ring (bicyclic) bond motifs is 5. The van der Waals surface area contributed by atoms with Crippen molar-refractivity contribution in [2.75, 3.05) is 6.61 Å². The van der Waals surface area contributed by atoms with Crippen LogP contribution in [-0.4, -0.2) is 269 Å². The number of carbonyl (C=O) groups excluding carboxylic acids is 2. The molecular formula is C56H90O29S. The average molecular weight is 1260 g/mol. The molecule has 0 spiro atoms. The first-order valence-corrected chi connectivity index (χ1v) is 31.2. The lowest BCUT2D eigenvalue weighted by molar-refractivity contribution is -0.406. The minimum atomic E-state index is -4.93. The van der Waals surface area contributed by atoms with Crippen molar-refractivity contribution in [3.8, 4) is 0 Å². The van der Waals surface area contributed by atoms with E-state index in [0.29, 0.717) is 25.7 Å². The van der Waals surface area contributed by atoms with Crippen molar-refractivity contribution in [3.63, 3.8) is 0 Å². The molecule has 8 fully saturated rings. The van der Waals surface area contributed by atoms with Gasteiger partial charge in [-0.25, -0.2) is 4.18 Å². The predicted octanol–water partition coefficient (Wildman–Crippen LogP) is -3.36. The number of carbonyl (C=O) groups is 2. The Morgan fingerprint density at radius 3 is 1.67 bits per heavy atom. The molecular weight excluding hydrogens is 1170 g/mol. The molecule has 9 rings (SSSR count). The van der Waals surface area contributed by atoms with Crippen LogP contribution < -0.4 is 0 Å². The topological polar surface area (TPSA) is 453 Å². The van der Waals surface area contributed by atoms with Crippen LogP contribution in [0.15, 0.2) is 11.6 Å². The van der Waals surface area contributed by atoms with E-state index in [1.165, 1.54) is 34.6 Å².